The average molecular weight is 2040 g/mol. The Labute approximate surface area is 811 Å². The second kappa shape index (κ2) is 45.7. The van der Waals surface area contributed by atoms with E-state index in [2.05, 4.69) is 88.1 Å². The first-order valence-electron chi connectivity index (χ1n) is 44.1. The number of benzene rings is 4. The fourth-order valence-electron chi connectivity index (χ4n) is 14.9. The maximum atomic E-state index is 13.1. The molecule has 0 aliphatic carbocycles. The van der Waals surface area contributed by atoms with Gasteiger partial charge >= 0.3 is 6.18 Å². The molecule has 0 spiro atoms. The zero-order chi connectivity index (χ0) is 98.3. The molecular formula is C91H112F3N21O14S8. The van der Waals surface area contributed by atoms with E-state index in [0.29, 0.717) is 102 Å². The van der Waals surface area contributed by atoms with Gasteiger partial charge in [-0.2, -0.15) is 13.2 Å². The molecule has 137 heavy (non-hydrogen) atoms. The maximum Gasteiger partial charge on any atom is 0.405 e. The van der Waals surface area contributed by atoms with Crippen molar-refractivity contribution in [2.45, 2.75) is 163 Å². The van der Waals surface area contributed by atoms with Gasteiger partial charge in [-0.05, 0) is 227 Å². The quantitative estimate of drug-likeness (QED) is 0.0200. The van der Waals surface area contributed by atoms with E-state index in [0.717, 1.165) is 122 Å². The summed E-state index contributed by atoms with van der Waals surface area (Å²) in [6.45, 7) is 23.8. The lowest BCUT2D eigenvalue weighted by atomic mass is 9.98. The van der Waals surface area contributed by atoms with Gasteiger partial charge in [-0.1, -0.05) is 6.92 Å². The fourth-order valence-corrected chi connectivity index (χ4v) is 19.9. The molecule has 12 heterocycles. The third kappa shape index (κ3) is 29.0. The minimum absolute atomic E-state index is 0.00259. The number of rotatable bonds is 30. The first-order valence-corrected chi connectivity index (χ1v) is 53.8. The molecule has 0 amide bonds. The van der Waals surface area contributed by atoms with Crippen LogP contribution in [0.1, 0.15) is 101 Å². The molecule has 4 fully saturated rings. The molecule has 46 heteroatoms. The number of thiazole rings is 4. The van der Waals surface area contributed by atoms with Crippen molar-refractivity contribution in [3.05, 3.63) is 168 Å². The van der Waals surface area contributed by atoms with Gasteiger partial charge in [-0.15, -0.1) is 45.3 Å². The maximum absolute atomic E-state index is 13.1. The summed E-state index contributed by atoms with van der Waals surface area (Å²) < 4.78 is 162. The minimum Gasteiger partial charge on any atom is -0.489 e. The van der Waals surface area contributed by atoms with Crippen LogP contribution in [-0.4, -0.2) is 194 Å². The number of hydrogen-bond donors (Lipinski definition) is 10. The lowest BCUT2D eigenvalue weighted by Crippen LogP contribution is -2.57. The summed E-state index contributed by atoms with van der Waals surface area (Å²) >= 11 is 5.50. The van der Waals surface area contributed by atoms with Crippen molar-refractivity contribution in [1.29, 1.82) is 0 Å². The molecule has 1 atom stereocenters. The first kappa shape index (κ1) is 103. The Balaban J connectivity index is 0.000000154. The van der Waals surface area contributed by atoms with Crippen molar-refractivity contribution in [3.63, 3.8) is 0 Å². The summed E-state index contributed by atoms with van der Waals surface area (Å²) in [5.74, 6) is 6.47. The molecule has 8 aromatic heterocycles. The lowest BCUT2D eigenvalue weighted by Gasteiger charge is -2.35. The van der Waals surface area contributed by atoms with Crippen LogP contribution >= 0.6 is 45.3 Å². The Morgan fingerprint density at radius 3 is 0.942 bits per heavy atom. The van der Waals surface area contributed by atoms with Gasteiger partial charge in [0.1, 0.15) is 52.3 Å². The molecule has 0 radical (unpaired) electrons. The van der Waals surface area contributed by atoms with E-state index < -0.39 is 52.3 Å². The molecule has 0 bridgehead atoms. The van der Waals surface area contributed by atoms with E-state index in [-0.39, 0.29) is 63.7 Å². The van der Waals surface area contributed by atoms with Crippen molar-refractivity contribution in [2.75, 3.05) is 113 Å². The molecule has 4 aromatic carbocycles. The molecular weight excluding hydrogens is 1920 g/mol. The zero-order valence-electron chi connectivity index (χ0n) is 76.9. The molecule has 1 unspecified atom stereocenters. The van der Waals surface area contributed by atoms with Crippen LogP contribution in [0.15, 0.2) is 187 Å². The third-order valence-corrected chi connectivity index (χ3v) is 28.7. The van der Waals surface area contributed by atoms with Crippen LogP contribution in [0.5, 0.6) is 23.0 Å². The number of piperidine rings is 3. The molecule has 0 saturated carbocycles. The summed E-state index contributed by atoms with van der Waals surface area (Å²) in [5, 5.41) is 55.4. The number of sulfonamides is 4. The predicted molar refractivity (Wildman–Crippen MR) is 534 cm³/mol. The standard InChI is InChI=1S/2C23H29N5O4S2.C23H29N5O3S2.C22H25F3N6O3S2/c1-15(2)32-21-6-5-18(34(24,29)30)12-19(21)26-23-27-20(14-33-23)16-4-7-22(25-13-16)28-10-8-17(31-3)9-11-28;1-15(2)32-21-5-4-18(34(24,30)31)11-19(21)26-23-27-20(14-33-23)17-3-6-22(25-12-17)28-9-7-16(13-29)8-10-28;1-15(2)31-21-6-5-18(33(24,29)30)12-19(21)26-23-27-20(14-32-23)17-4-7-22(25-13-17)28-10-8-16(3)9-11-28;1-13(2)34-18-5-4-15(36(26,32)33)9-16(18)29-21-30-17(12-35-21)14-3-6-20(28-10-14)31-8-7-27-19(11-31)22(23,24)25/h4-7,12-15,17H,8-11H2,1-3H3,(H,26,27)(H2,24,29,30);3-6,11-12,14-16,29H,7-10,13H2,1-2H3,(H,26,27)(H2,24,30,31);4-7,12-16H,8-11H2,1-3H3,(H,26,27)(H2,24,29,30);3-6,9-10,12-13,19,27H,7-8,11H2,1-2H3,(H,29,30)(H2,26,32,33). The normalized spacial score (nSPS) is 15.5. The number of hydrogen-bond acceptors (Lipinski definition) is 35. The molecule has 12 aromatic rings. The van der Waals surface area contributed by atoms with E-state index in [1.807, 2.05) is 120 Å². The summed E-state index contributed by atoms with van der Waals surface area (Å²) in [5.41, 5.74) is 8.16. The van der Waals surface area contributed by atoms with Gasteiger partial charge in [0.05, 0.1) is 95.6 Å². The van der Waals surface area contributed by atoms with Crippen LogP contribution in [0.2, 0.25) is 0 Å². The number of nitrogens with one attached hydrogen (secondary N) is 5. The van der Waals surface area contributed by atoms with E-state index in [1.54, 1.807) is 60.1 Å². The number of aromatic nitrogens is 8. The molecule has 4 aliphatic heterocycles. The number of aliphatic hydroxyl groups excluding tert-OH is 1. The van der Waals surface area contributed by atoms with Crippen molar-refractivity contribution in [1.82, 2.24) is 45.2 Å². The Morgan fingerprint density at radius 2 is 0.693 bits per heavy atom. The van der Waals surface area contributed by atoms with Gasteiger partial charge in [0, 0.05) is 141 Å². The van der Waals surface area contributed by atoms with Crippen LogP contribution in [-0.2, 0) is 44.8 Å². The molecule has 35 nitrogen and oxygen atoms in total. The van der Waals surface area contributed by atoms with E-state index in [9.17, 15) is 51.9 Å². The smallest absolute Gasteiger partial charge is 0.405 e. The molecule has 4 saturated heterocycles. The van der Waals surface area contributed by atoms with Crippen molar-refractivity contribution >= 4 is 152 Å². The van der Waals surface area contributed by atoms with Crippen LogP contribution < -0.4 is 85.7 Å². The summed E-state index contributed by atoms with van der Waals surface area (Å²) in [4.78, 5) is 45.1. The number of ether oxygens (including phenoxy) is 5. The monoisotopic (exact) mass is 2040 g/mol. The topological polar surface area (TPSA) is 483 Å². The van der Waals surface area contributed by atoms with E-state index in [4.69, 9.17) is 44.2 Å². The highest BCUT2D eigenvalue weighted by atomic mass is 32.2. The summed E-state index contributed by atoms with van der Waals surface area (Å²) in [6.07, 6.45) is 8.96. The van der Waals surface area contributed by atoms with Crippen LogP contribution in [0.3, 0.4) is 0 Å². The summed E-state index contributed by atoms with van der Waals surface area (Å²) in [6, 6.07) is 31.6. The first-order chi connectivity index (χ1) is 65.0. The molecule has 734 valence electrons. The van der Waals surface area contributed by atoms with Gasteiger partial charge < -0.3 is 75.0 Å². The highest BCUT2D eigenvalue weighted by Crippen LogP contribution is 2.41. The van der Waals surface area contributed by atoms with Gasteiger partial charge in [0.2, 0.25) is 40.1 Å². The number of nitrogens with zero attached hydrogens (tertiary/aromatic N) is 12. The number of halogens is 3. The second-order valence-corrected chi connectivity index (χ2v) is 43.6. The number of piperazine rings is 1. The molecule has 4 aliphatic rings. The van der Waals surface area contributed by atoms with Gasteiger partial charge in [-0.25, -0.2) is 94.1 Å². The van der Waals surface area contributed by atoms with Gasteiger partial charge in [-0.3, -0.25) is 0 Å². The highest BCUT2D eigenvalue weighted by Gasteiger charge is 2.42. The highest BCUT2D eigenvalue weighted by molar-refractivity contribution is 7.90. The zero-order valence-corrected chi connectivity index (χ0v) is 83.5. The Kier molecular flexibility index (Phi) is 34.4. The Morgan fingerprint density at radius 1 is 0.416 bits per heavy atom. The summed E-state index contributed by atoms with van der Waals surface area (Å²) in [7, 11) is -13.7. The van der Waals surface area contributed by atoms with Crippen molar-refractivity contribution in [2.24, 2.45) is 32.4 Å². The second-order valence-electron chi connectivity index (χ2n) is 33.9. The van der Waals surface area contributed by atoms with Gasteiger partial charge in [0.25, 0.3) is 0 Å². The number of methoxy groups -OCH3 is 1. The third-order valence-electron chi connectivity index (χ3n) is 22.0. The van der Waals surface area contributed by atoms with Crippen LogP contribution in [0.4, 0.5) is 79.7 Å². The number of primary sulfonamides is 4. The molecule has 14 N–H and O–H groups in total. The number of nitrogens with two attached hydrogens (primary N) is 4. The largest absolute Gasteiger partial charge is 0.489 e. The number of alkyl halides is 3. The predicted octanol–water partition coefficient (Wildman–Crippen LogP) is 15.9. The Hall–Kier alpha value is -11.1. The fraction of sp³-hybridized carbons (Fsp3) is 0.385. The number of aliphatic hydroxyl groups is 1. The van der Waals surface area contributed by atoms with E-state index >= 15 is 0 Å². The van der Waals surface area contributed by atoms with Crippen LogP contribution in [0.25, 0.3) is 45.0 Å². The number of pyridine rings is 4. The van der Waals surface area contributed by atoms with Crippen LogP contribution in [0, 0.1) is 11.8 Å². The van der Waals surface area contributed by atoms with Crippen molar-refractivity contribution < 1.29 is 75.6 Å². The SMILES string of the molecule is CC(C)Oc1ccc(S(N)(=O)=O)cc1Nc1nc(-c2ccc(N3CCC(CO)CC3)nc2)cs1.CC(C)Oc1ccc(S(N)(=O)=O)cc1Nc1nc(-c2ccc(N3CCNC(C(F)(F)F)C3)nc2)cs1.CC1CCN(c2ccc(-c3csc(Nc4cc(S(N)(=O)=O)ccc4OC(C)C)n3)cn2)CC1.COC1CCN(c2ccc(-c3csc(Nc4cc(S(N)(=O)=O)ccc4OC(C)C)n3)cn2)CC1. The average Bonchev–Trinajstić information content (AvgIpc) is 1.84. The number of anilines is 12. The lowest BCUT2D eigenvalue weighted by molar-refractivity contribution is -0.155. The minimum atomic E-state index is -4.32. The molecule has 16 rings (SSSR count). The van der Waals surface area contributed by atoms with E-state index in [1.165, 1.54) is 113 Å². The Bertz CT molecular complexity index is 6330. The van der Waals surface area contributed by atoms with Crippen molar-refractivity contribution in [3.8, 4) is 68.0 Å². The van der Waals surface area contributed by atoms with Gasteiger partial charge in [0.15, 0.2) is 20.5 Å².